The number of carbonyl (C=O) groups excluding carboxylic acids is 2. The van der Waals surface area contributed by atoms with E-state index in [2.05, 4.69) is 15.9 Å². The second-order valence-corrected chi connectivity index (χ2v) is 5.84. The van der Waals surface area contributed by atoms with Crippen LogP contribution in [0, 0.1) is 0 Å². The number of carbonyl (C=O) groups is 2. The van der Waals surface area contributed by atoms with E-state index >= 15 is 0 Å². The van der Waals surface area contributed by atoms with Gasteiger partial charge in [-0.05, 0) is 40.9 Å². The zero-order valence-corrected chi connectivity index (χ0v) is 12.7. The van der Waals surface area contributed by atoms with Crippen molar-refractivity contribution in [1.29, 1.82) is 0 Å². The molecule has 6 heteroatoms. The van der Waals surface area contributed by atoms with Crippen LogP contribution in [0.3, 0.4) is 0 Å². The van der Waals surface area contributed by atoms with Crippen LogP contribution in [0.4, 0.5) is 5.69 Å². The largest absolute Gasteiger partial charge is 0.398 e. The highest BCUT2D eigenvalue weighted by Crippen LogP contribution is 2.29. The van der Waals surface area contributed by atoms with Crippen molar-refractivity contribution in [3.05, 3.63) is 28.2 Å². The van der Waals surface area contributed by atoms with Gasteiger partial charge in [-0.3, -0.25) is 9.59 Å². The van der Waals surface area contributed by atoms with Gasteiger partial charge in [-0.1, -0.05) is 18.9 Å². The van der Waals surface area contributed by atoms with Crippen LogP contribution in [0.1, 0.15) is 36.0 Å². The van der Waals surface area contributed by atoms with E-state index in [-0.39, 0.29) is 18.5 Å². The highest BCUT2D eigenvalue weighted by atomic mass is 79.9. The van der Waals surface area contributed by atoms with Crippen molar-refractivity contribution >= 4 is 33.4 Å². The first-order valence-corrected chi connectivity index (χ1v) is 7.43. The number of benzene rings is 1. The third-order valence-electron chi connectivity index (χ3n) is 3.61. The number of primary amides is 1. The maximum atomic E-state index is 12.7. The number of nitrogens with zero attached hydrogens (tertiary/aromatic N) is 1. The standard InChI is InChI=1S/C14H18BrN3O2/c15-13-10(6-3-7-11(13)16)14(20)18(8-12(17)19)9-4-1-2-5-9/h3,6-7,9H,1-2,4-5,8,16H2,(H2,17,19). The van der Waals surface area contributed by atoms with Crippen LogP contribution in [0.15, 0.2) is 22.7 Å². The van der Waals surface area contributed by atoms with Crippen LogP contribution in [0.25, 0.3) is 0 Å². The van der Waals surface area contributed by atoms with Gasteiger partial charge in [-0.15, -0.1) is 0 Å². The van der Waals surface area contributed by atoms with E-state index in [9.17, 15) is 9.59 Å². The highest BCUT2D eigenvalue weighted by molar-refractivity contribution is 9.10. The van der Waals surface area contributed by atoms with Gasteiger partial charge < -0.3 is 16.4 Å². The Balaban J connectivity index is 2.29. The topological polar surface area (TPSA) is 89.4 Å². The van der Waals surface area contributed by atoms with Gasteiger partial charge in [0.15, 0.2) is 0 Å². The maximum Gasteiger partial charge on any atom is 0.255 e. The Hall–Kier alpha value is -1.56. The van der Waals surface area contributed by atoms with Crippen molar-refractivity contribution in [2.75, 3.05) is 12.3 Å². The van der Waals surface area contributed by atoms with Gasteiger partial charge in [0.25, 0.3) is 5.91 Å². The highest BCUT2D eigenvalue weighted by Gasteiger charge is 2.29. The molecule has 1 fully saturated rings. The molecule has 4 N–H and O–H groups in total. The predicted octanol–water partition coefficient (Wildman–Crippen LogP) is 1.90. The summed E-state index contributed by atoms with van der Waals surface area (Å²) in [7, 11) is 0. The van der Waals surface area contributed by atoms with Gasteiger partial charge in [0.2, 0.25) is 5.91 Å². The van der Waals surface area contributed by atoms with Gasteiger partial charge >= 0.3 is 0 Å². The summed E-state index contributed by atoms with van der Waals surface area (Å²) < 4.78 is 0.567. The normalized spacial score (nSPS) is 15.2. The lowest BCUT2D eigenvalue weighted by Gasteiger charge is -2.28. The first-order valence-electron chi connectivity index (χ1n) is 6.64. The molecule has 2 amide bonds. The summed E-state index contributed by atoms with van der Waals surface area (Å²) in [5, 5.41) is 0. The Morgan fingerprint density at radius 1 is 1.30 bits per heavy atom. The average Bonchev–Trinajstić information content (AvgIpc) is 2.92. The molecule has 1 saturated carbocycles. The van der Waals surface area contributed by atoms with Gasteiger partial charge in [0, 0.05) is 11.7 Å². The van der Waals surface area contributed by atoms with Gasteiger partial charge in [-0.25, -0.2) is 0 Å². The number of amides is 2. The summed E-state index contributed by atoms with van der Waals surface area (Å²) in [6.07, 6.45) is 3.98. The Morgan fingerprint density at radius 3 is 2.55 bits per heavy atom. The van der Waals surface area contributed by atoms with E-state index in [1.165, 1.54) is 0 Å². The smallest absolute Gasteiger partial charge is 0.255 e. The number of hydrogen-bond acceptors (Lipinski definition) is 3. The number of rotatable bonds is 4. The zero-order valence-electron chi connectivity index (χ0n) is 11.1. The summed E-state index contributed by atoms with van der Waals surface area (Å²) >= 11 is 3.34. The molecule has 0 unspecified atom stereocenters. The molecule has 5 nitrogen and oxygen atoms in total. The third kappa shape index (κ3) is 3.12. The fraction of sp³-hybridized carbons (Fsp3) is 0.429. The molecular formula is C14H18BrN3O2. The molecule has 0 aromatic heterocycles. The Kier molecular flexibility index (Phi) is 4.65. The molecule has 1 aliphatic rings. The first kappa shape index (κ1) is 14.8. The lowest BCUT2D eigenvalue weighted by atomic mass is 10.1. The average molecular weight is 340 g/mol. The Bertz CT molecular complexity index is 527. The van der Waals surface area contributed by atoms with Crippen molar-refractivity contribution in [1.82, 2.24) is 4.90 Å². The molecule has 0 heterocycles. The summed E-state index contributed by atoms with van der Waals surface area (Å²) in [4.78, 5) is 25.5. The fourth-order valence-corrected chi connectivity index (χ4v) is 3.05. The number of hydrogen-bond donors (Lipinski definition) is 2. The van der Waals surface area contributed by atoms with E-state index < -0.39 is 5.91 Å². The minimum atomic E-state index is -0.495. The minimum Gasteiger partial charge on any atom is -0.398 e. The van der Waals surface area contributed by atoms with Crippen molar-refractivity contribution in [3.8, 4) is 0 Å². The van der Waals surface area contributed by atoms with Crippen LogP contribution < -0.4 is 11.5 Å². The molecule has 0 spiro atoms. The third-order valence-corrected chi connectivity index (χ3v) is 4.50. The van der Waals surface area contributed by atoms with Gasteiger partial charge in [0.05, 0.1) is 16.6 Å². The SMILES string of the molecule is NC(=O)CN(C(=O)c1cccc(N)c1Br)C1CCCC1. The van der Waals surface area contributed by atoms with Crippen LogP contribution in [-0.2, 0) is 4.79 Å². The minimum absolute atomic E-state index is 0.0509. The van der Waals surface area contributed by atoms with E-state index in [0.29, 0.717) is 15.7 Å². The number of nitrogens with two attached hydrogens (primary N) is 2. The van der Waals surface area contributed by atoms with Crippen LogP contribution >= 0.6 is 15.9 Å². The molecule has 1 aromatic carbocycles. The van der Waals surface area contributed by atoms with Crippen molar-refractivity contribution in [2.24, 2.45) is 5.73 Å². The molecule has 0 saturated heterocycles. The van der Waals surface area contributed by atoms with E-state index in [1.54, 1.807) is 23.1 Å². The number of nitrogen functional groups attached to an aromatic ring is 1. The lowest BCUT2D eigenvalue weighted by Crippen LogP contribution is -2.44. The molecule has 1 aromatic rings. The maximum absolute atomic E-state index is 12.7. The van der Waals surface area contributed by atoms with Crippen molar-refractivity contribution in [3.63, 3.8) is 0 Å². The quantitative estimate of drug-likeness (QED) is 0.821. The van der Waals surface area contributed by atoms with Crippen LogP contribution in [-0.4, -0.2) is 29.3 Å². The Morgan fingerprint density at radius 2 is 1.95 bits per heavy atom. The molecule has 20 heavy (non-hydrogen) atoms. The van der Waals surface area contributed by atoms with Crippen molar-refractivity contribution < 1.29 is 9.59 Å². The lowest BCUT2D eigenvalue weighted by molar-refractivity contribution is -0.119. The summed E-state index contributed by atoms with van der Waals surface area (Å²) in [6, 6.07) is 5.23. The number of halogens is 1. The molecule has 0 radical (unpaired) electrons. The van der Waals surface area contributed by atoms with E-state index in [1.807, 2.05) is 0 Å². The Labute approximate surface area is 126 Å². The molecule has 0 bridgehead atoms. The molecule has 2 rings (SSSR count). The van der Waals surface area contributed by atoms with Crippen LogP contribution in [0.2, 0.25) is 0 Å². The fourth-order valence-electron chi connectivity index (χ4n) is 2.62. The molecular weight excluding hydrogens is 322 g/mol. The predicted molar refractivity (Wildman–Crippen MR) is 81.0 cm³/mol. The summed E-state index contributed by atoms with van der Waals surface area (Å²) in [5.41, 5.74) is 12.1. The van der Waals surface area contributed by atoms with Gasteiger partial charge in [-0.2, -0.15) is 0 Å². The van der Waals surface area contributed by atoms with E-state index in [4.69, 9.17) is 11.5 Å². The second-order valence-electron chi connectivity index (χ2n) is 5.05. The second kappa shape index (κ2) is 6.26. The molecule has 1 aliphatic carbocycles. The number of anilines is 1. The molecule has 108 valence electrons. The van der Waals surface area contributed by atoms with Gasteiger partial charge in [0.1, 0.15) is 0 Å². The molecule has 0 aliphatic heterocycles. The summed E-state index contributed by atoms with van der Waals surface area (Å²) in [6.45, 7) is -0.0509. The zero-order chi connectivity index (χ0) is 14.7. The summed E-state index contributed by atoms with van der Waals surface area (Å²) in [5.74, 6) is -0.694. The van der Waals surface area contributed by atoms with Crippen LogP contribution in [0.5, 0.6) is 0 Å². The monoisotopic (exact) mass is 339 g/mol. The molecule has 0 atom stereocenters. The first-order chi connectivity index (χ1) is 9.50. The van der Waals surface area contributed by atoms with Crippen molar-refractivity contribution in [2.45, 2.75) is 31.7 Å². The van der Waals surface area contributed by atoms with E-state index in [0.717, 1.165) is 25.7 Å².